The van der Waals surface area contributed by atoms with E-state index >= 15 is 0 Å². The van der Waals surface area contributed by atoms with Crippen LogP contribution in [0.3, 0.4) is 0 Å². The van der Waals surface area contributed by atoms with E-state index in [-0.39, 0.29) is 17.8 Å². The van der Waals surface area contributed by atoms with Gasteiger partial charge in [0.15, 0.2) is 6.04 Å². The van der Waals surface area contributed by atoms with Gasteiger partial charge in [-0.05, 0) is 35.7 Å². The molecule has 4 rings (SSSR count). The van der Waals surface area contributed by atoms with Gasteiger partial charge in [0.05, 0.1) is 19.3 Å². The van der Waals surface area contributed by atoms with Crippen molar-refractivity contribution in [2.45, 2.75) is 38.0 Å². The third kappa shape index (κ3) is 4.15. The van der Waals surface area contributed by atoms with Gasteiger partial charge in [0.1, 0.15) is 17.1 Å². The lowest BCUT2D eigenvalue weighted by Crippen LogP contribution is -2.36. The number of para-hydroxylation sites is 1. The van der Waals surface area contributed by atoms with Gasteiger partial charge >= 0.3 is 6.18 Å². The van der Waals surface area contributed by atoms with Crippen molar-refractivity contribution in [1.29, 1.82) is 0 Å². The van der Waals surface area contributed by atoms with Crippen LogP contribution in [0, 0.1) is 0 Å². The van der Waals surface area contributed by atoms with Crippen molar-refractivity contribution in [3.05, 3.63) is 71.4 Å². The van der Waals surface area contributed by atoms with Crippen molar-refractivity contribution in [3.8, 4) is 5.75 Å². The van der Waals surface area contributed by atoms with E-state index < -0.39 is 24.2 Å². The standard InChI is InChI=1S/C23H23F3N4O2/c1-3-14-7-4-5-10-18(14)29-22(31)17-13-27-30-20(23(24,25)26)12-19(28-21(17)30)15-8-6-9-16(11-15)32-2/h4-11,13,19-20,28H,3,12H2,1-2H3,(H,29,31)/t19-,20-/m1/s1. The lowest BCUT2D eigenvalue weighted by Gasteiger charge is -2.34. The van der Waals surface area contributed by atoms with Crippen molar-refractivity contribution >= 4 is 17.4 Å². The molecule has 2 heterocycles. The number of fused-ring (bicyclic) bond motifs is 1. The van der Waals surface area contributed by atoms with Crippen LogP contribution in [0.4, 0.5) is 24.7 Å². The van der Waals surface area contributed by atoms with Gasteiger partial charge in [-0.15, -0.1) is 0 Å². The Kier molecular flexibility index (Phi) is 5.82. The lowest BCUT2D eigenvalue weighted by atomic mass is 9.96. The third-order valence-corrected chi connectivity index (χ3v) is 5.63. The predicted octanol–water partition coefficient (Wildman–Crippen LogP) is 5.37. The number of amides is 1. The zero-order valence-corrected chi connectivity index (χ0v) is 17.6. The highest BCUT2D eigenvalue weighted by Gasteiger charge is 2.47. The normalized spacial score (nSPS) is 17.9. The summed E-state index contributed by atoms with van der Waals surface area (Å²) in [5.41, 5.74) is 2.23. The molecule has 168 valence electrons. The van der Waals surface area contributed by atoms with Crippen LogP contribution < -0.4 is 15.4 Å². The minimum Gasteiger partial charge on any atom is -0.497 e. The molecule has 1 aromatic heterocycles. The first-order valence-electron chi connectivity index (χ1n) is 10.3. The first kappa shape index (κ1) is 21.7. The molecular formula is C23H23F3N4O2. The van der Waals surface area contributed by atoms with E-state index in [2.05, 4.69) is 15.7 Å². The molecule has 2 N–H and O–H groups in total. The van der Waals surface area contributed by atoms with Crippen LogP contribution in [0.1, 0.15) is 46.9 Å². The lowest BCUT2D eigenvalue weighted by molar-refractivity contribution is -0.173. The SMILES string of the molecule is CCc1ccccc1NC(=O)c1cnn2c1N[C@@H](c1cccc(OC)c1)C[C@@H]2C(F)(F)F. The number of nitrogens with one attached hydrogen (secondary N) is 2. The van der Waals surface area contributed by atoms with E-state index in [4.69, 9.17) is 4.74 Å². The summed E-state index contributed by atoms with van der Waals surface area (Å²) in [6.07, 6.45) is -2.90. The van der Waals surface area contributed by atoms with Crippen LogP contribution >= 0.6 is 0 Å². The molecule has 2 aromatic carbocycles. The Bertz CT molecular complexity index is 1130. The van der Waals surface area contributed by atoms with E-state index in [0.29, 0.717) is 23.4 Å². The van der Waals surface area contributed by atoms with E-state index in [0.717, 1.165) is 10.2 Å². The molecule has 0 bridgehead atoms. The molecule has 0 saturated carbocycles. The number of hydrogen-bond donors (Lipinski definition) is 2. The van der Waals surface area contributed by atoms with Crippen LogP contribution in [0.15, 0.2) is 54.7 Å². The van der Waals surface area contributed by atoms with Crippen molar-refractivity contribution in [1.82, 2.24) is 9.78 Å². The summed E-state index contributed by atoms with van der Waals surface area (Å²) in [4.78, 5) is 13.0. The van der Waals surface area contributed by atoms with Gasteiger partial charge in [0, 0.05) is 12.1 Å². The summed E-state index contributed by atoms with van der Waals surface area (Å²) in [6.45, 7) is 1.96. The number of rotatable bonds is 5. The van der Waals surface area contributed by atoms with Crippen LogP contribution in [0.2, 0.25) is 0 Å². The third-order valence-electron chi connectivity index (χ3n) is 5.63. The molecular weight excluding hydrogens is 421 g/mol. The maximum absolute atomic E-state index is 13.9. The Morgan fingerprint density at radius 2 is 2.03 bits per heavy atom. The first-order chi connectivity index (χ1) is 15.3. The second-order valence-corrected chi connectivity index (χ2v) is 7.58. The Balaban J connectivity index is 1.70. The zero-order valence-electron chi connectivity index (χ0n) is 17.6. The van der Waals surface area contributed by atoms with Crippen LogP contribution in [-0.4, -0.2) is 29.0 Å². The second kappa shape index (κ2) is 8.57. The van der Waals surface area contributed by atoms with Gasteiger partial charge < -0.3 is 15.4 Å². The molecule has 2 atom stereocenters. The number of ether oxygens (including phenoxy) is 1. The van der Waals surface area contributed by atoms with E-state index in [1.807, 2.05) is 19.1 Å². The number of aryl methyl sites for hydroxylation is 1. The Hall–Kier alpha value is -3.49. The molecule has 3 aromatic rings. The van der Waals surface area contributed by atoms with E-state index in [1.165, 1.54) is 13.3 Å². The number of anilines is 2. The monoisotopic (exact) mass is 444 g/mol. The predicted molar refractivity (Wildman–Crippen MR) is 115 cm³/mol. The highest BCUT2D eigenvalue weighted by Crippen LogP contribution is 2.44. The van der Waals surface area contributed by atoms with Gasteiger partial charge in [-0.2, -0.15) is 18.3 Å². The quantitative estimate of drug-likeness (QED) is 0.556. The number of carbonyl (C=O) groups is 1. The highest BCUT2D eigenvalue weighted by atomic mass is 19.4. The van der Waals surface area contributed by atoms with Gasteiger partial charge in [0.25, 0.3) is 5.91 Å². The summed E-state index contributed by atoms with van der Waals surface area (Å²) in [5, 5.41) is 9.82. The average Bonchev–Trinajstić information content (AvgIpc) is 3.22. The van der Waals surface area contributed by atoms with Crippen LogP contribution in [0.5, 0.6) is 5.75 Å². The maximum atomic E-state index is 13.9. The Morgan fingerprint density at radius 3 is 2.75 bits per heavy atom. The molecule has 0 radical (unpaired) electrons. The molecule has 0 aliphatic carbocycles. The first-order valence-corrected chi connectivity index (χ1v) is 10.3. The van der Waals surface area contributed by atoms with Crippen molar-refractivity contribution < 1.29 is 22.7 Å². The average molecular weight is 444 g/mol. The summed E-state index contributed by atoms with van der Waals surface area (Å²) in [6, 6.07) is 11.6. The topological polar surface area (TPSA) is 68.2 Å². The molecule has 9 heteroatoms. The molecule has 1 amide bonds. The van der Waals surface area contributed by atoms with Gasteiger partial charge in [-0.1, -0.05) is 37.3 Å². The van der Waals surface area contributed by atoms with Crippen LogP contribution in [-0.2, 0) is 6.42 Å². The minimum absolute atomic E-state index is 0.0397. The van der Waals surface area contributed by atoms with Crippen molar-refractivity contribution in [3.63, 3.8) is 0 Å². The summed E-state index contributed by atoms with van der Waals surface area (Å²) >= 11 is 0. The number of nitrogens with zero attached hydrogens (tertiary/aromatic N) is 2. The fourth-order valence-electron chi connectivity index (χ4n) is 3.95. The van der Waals surface area contributed by atoms with Gasteiger partial charge in [-0.3, -0.25) is 4.79 Å². The molecule has 0 saturated heterocycles. The number of methoxy groups -OCH3 is 1. The molecule has 6 nitrogen and oxygen atoms in total. The molecule has 0 spiro atoms. The molecule has 0 unspecified atom stereocenters. The zero-order chi connectivity index (χ0) is 22.9. The Labute approximate surface area is 183 Å². The number of alkyl halides is 3. The summed E-state index contributed by atoms with van der Waals surface area (Å²) < 4.78 is 47.8. The van der Waals surface area contributed by atoms with Crippen molar-refractivity contribution in [2.24, 2.45) is 0 Å². The Morgan fingerprint density at radius 1 is 1.25 bits per heavy atom. The minimum atomic E-state index is -4.53. The molecule has 1 aliphatic rings. The summed E-state index contributed by atoms with van der Waals surface area (Å²) in [5.74, 6) is 0.0609. The van der Waals surface area contributed by atoms with Gasteiger partial charge in [-0.25, -0.2) is 4.68 Å². The number of hydrogen-bond acceptors (Lipinski definition) is 4. The van der Waals surface area contributed by atoms with Crippen LogP contribution in [0.25, 0.3) is 0 Å². The summed E-state index contributed by atoms with van der Waals surface area (Å²) in [7, 11) is 1.50. The van der Waals surface area contributed by atoms with Gasteiger partial charge in [0.2, 0.25) is 0 Å². The molecule has 32 heavy (non-hydrogen) atoms. The number of halogens is 3. The van der Waals surface area contributed by atoms with E-state index in [1.54, 1.807) is 36.4 Å². The fourth-order valence-corrected chi connectivity index (χ4v) is 3.95. The largest absolute Gasteiger partial charge is 0.497 e. The second-order valence-electron chi connectivity index (χ2n) is 7.58. The molecule has 1 aliphatic heterocycles. The number of carbonyl (C=O) groups excluding carboxylic acids is 1. The van der Waals surface area contributed by atoms with E-state index in [9.17, 15) is 18.0 Å². The fraction of sp³-hybridized carbons (Fsp3) is 0.304. The van der Waals surface area contributed by atoms with Crippen molar-refractivity contribution in [2.75, 3.05) is 17.7 Å². The number of aromatic nitrogens is 2. The number of benzene rings is 2. The maximum Gasteiger partial charge on any atom is 0.410 e. The highest BCUT2D eigenvalue weighted by molar-refractivity contribution is 6.07. The molecule has 0 fully saturated rings. The smallest absolute Gasteiger partial charge is 0.410 e.